The van der Waals surface area contributed by atoms with Crippen molar-refractivity contribution >= 4 is 17.5 Å². The van der Waals surface area contributed by atoms with Gasteiger partial charge in [0.15, 0.2) is 0 Å². The van der Waals surface area contributed by atoms with Gasteiger partial charge in [-0.15, -0.1) is 0 Å². The smallest absolute Gasteiger partial charge is 0.254 e. The average Bonchev–Trinajstić information content (AvgIpc) is 3.40. The number of carbonyl (C=O) groups is 2. The Morgan fingerprint density at radius 1 is 1.03 bits per heavy atom. The molecule has 1 N–H and O–H groups in total. The minimum Gasteiger partial charge on any atom is -0.508 e. The number of benzene rings is 2. The number of anilines is 1. The molecule has 2 aromatic carbocycles. The molecule has 1 aliphatic rings. The highest BCUT2D eigenvalue weighted by Gasteiger charge is 2.23. The molecule has 29 heavy (non-hydrogen) atoms. The van der Waals surface area contributed by atoms with Gasteiger partial charge in [0.1, 0.15) is 11.5 Å². The number of aromatic hydroxyl groups is 1. The predicted molar refractivity (Wildman–Crippen MR) is 108 cm³/mol. The highest BCUT2D eigenvalue weighted by atomic mass is 16.3. The van der Waals surface area contributed by atoms with Gasteiger partial charge in [0.05, 0.1) is 19.4 Å². The van der Waals surface area contributed by atoms with Crippen molar-refractivity contribution < 1.29 is 19.1 Å². The summed E-state index contributed by atoms with van der Waals surface area (Å²) in [4.78, 5) is 28.5. The molecule has 0 atom stereocenters. The lowest BCUT2D eigenvalue weighted by atomic mass is 10.1. The lowest BCUT2D eigenvalue weighted by Gasteiger charge is -2.23. The molecule has 2 amide bonds. The first-order chi connectivity index (χ1) is 14.1. The Bertz CT molecular complexity index is 996. The van der Waals surface area contributed by atoms with Gasteiger partial charge in [-0.1, -0.05) is 18.2 Å². The summed E-state index contributed by atoms with van der Waals surface area (Å²) in [6.07, 6.45) is 3.00. The molecular weight excluding hydrogens is 368 g/mol. The number of nitrogens with zero attached hydrogens (tertiary/aromatic N) is 2. The van der Waals surface area contributed by atoms with E-state index < -0.39 is 0 Å². The van der Waals surface area contributed by atoms with E-state index in [2.05, 4.69) is 0 Å². The van der Waals surface area contributed by atoms with Crippen molar-refractivity contribution in [2.45, 2.75) is 25.9 Å². The highest BCUT2D eigenvalue weighted by Crippen LogP contribution is 2.24. The molecule has 6 heteroatoms. The number of rotatable bonds is 6. The van der Waals surface area contributed by atoms with Crippen molar-refractivity contribution in [3.8, 4) is 5.75 Å². The van der Waals surface area contributed by atoms with E-state index in [1.54, 1.807) is 52.5 Å². The van der Waals surface area contributed by atoms with Gasteiger partial charge in [-0.2, -0.15) is 0 Å². The molecular formula is C23H22N2O4. The number of furan rings is 1. The molecule has 1 aliphatic heterocycles. The van der Waals surface area contributed by atoms with Crippen molar-refractivity contribution in [2.75, 3.05) is 11.4 Å². The van der Waals surface area contributed by atoms with Crippen LogP contribution in [0.2, 0.25) is 0 Å². The third-order valence-electron chi connectivity index (χ3n) is 5.07. The average molecular weight is 390 g/mol. The van der Waals surface area contributed by atoms with Gasteiger partial charge in [0.25, 0.3) is 5.91 Å². The first kappa shape index (κ1) is 18.8. The Morgan fingerprint density at radius 2 is 1.83 bits per heavy atom. The molecule has 3 aromatic rings. The molecule has 2 heterocycles. The maximum Gasteiger partial charge on any atom is 0.254 e. The van der Waals surface area contributed by atoms with E-state index in [9.17, 15) is 14.7 Å². The van der Waals surface area contributed by atoms with E-state index in [-0.39, 0.29) is 30.7 Å². The molecule has 0 aliphatic carbocycles. The third-order valence-corrected chi connectivity index (χ3v) is 5.07. The predicted octanol–water partition coefficient (Wildman–Crippen LogP) is 3.95. The van der Waals surface area contributed by atoms with Crippen LogP contribution in [0.4, 0.5) is 5.69 Å². The number of hydrogen-bond donors (Lipinski definition) is 1. The minimum absolute atomic E-state index is 0.114. The highest BCUT2D eigenvalue weighted by molar-refractivity contribution is 5.97. The van der Waals surface area contributed by atoms with Crippen LogP contribution in [0.3, 0.4) is 0 Å². The maximum atomic E-state index is 13.2. The zero-order valence-corrected chi connectivity index (χ0v) is 16.0. The summed E-state index contributed by atoms with van der Waals surface area (Å²) in [5.41, 5.74) is 1.98. The summed E-state index contributed by atoms with van der Waals surface area (Å²) in [5.74, 6) is 0.743. The molecule has 1 fully saturated rings. The fraction of sp³-hybridized carbons (Fsp3) is 0.217. The van der Waals surface area contributed by atoms with Gasteiger partial charge in [0, 0.05) is 29.8 Å². The van der Waals surface area contributed by atoms with Gasteiger partial charge in [-0.05, 0) is 48.9 Å². The van der Waals surface area contributed by atoms with Crippen LogP contribution >= 0.6 is 0 Å². The molecule has 1 saturated heterocycles. The number of hydrogen-bond acceptors (Lipinski definition) is 4. The Hall–Kier alpha value is -3.54. The molecule has 0 saturated carbocycles. The van der Waals surface area contributed by atoms with Crippen LogP contribution < -0.4 is 4.90 Å². The molecule has 0 spiro atoms. The second kappa shape index (κ2) is 8.22. The first-order valence-electron chi connectivity index (χ1n) is 9.61. The van der Waals surface area contributed by atoms with E-state index >= 15 is 0 Å². The second-order valence-corrected chi connectivity index (χ2v) is 7.07. The Labute approximate surface area is 169 Å². The normalized spacial score (nSPS) is 13.7. The number of para-hydroxylation sites is 1. The molecule has 1 aromatic heterocycles. The Balaban J connectivity index is 1.57. The first-order valence-corrected chi connectivity index (χ1v) is 9.61. The van der Waals surface area contributed by atoms with E-state index in [0.717, 1.165) is 12.1 Å². The zero-order chi connectivity index (χ0) is 20.2. The Kier molecular flexibility index (Phi) is 5.33. The van der Waals surface area contributed by atoms with Crippen LogP contribution in [0.25, 0.3) is 0 Å². The van der Waals surface area contributed by atoms with Crippen LogP contribution in [-0.2, 0) is 17.9 Å². The molecule has 148 valence electrons. The van der Waals surface area contributed by atoms with Gasteiger partial charge in [-0.25, -0.2) is 0 Å². The summed E-state index contributed by atoms with van der Waals surface area (Å²) in [7, 11) is 0. The topological polar surface area (TPSA) is 74.0 Å². The van der Waals surface area contributed by atoms with Crippen LogP contribution in [0, 0.1) is 0 Å². The summed E-state index contributed by atoms with van der Waals surface area (Å²) < 4.78 is 5.42. The number of carbonyl (C=O) groups excluding carboxylic acids is 2. The van der Waals surface area contributed by atoms with Gasteiger partial charge >= 0.3 is 0 Å². The van der Waals surface area contributed by atoms with Crippen molar-refractivity contribution in [2.24, 2.45) is 0 Å². The van der Waals surface area contributed by atoms with Crippen molar-refractivity contribution in [1.82, 2.24) is 4.90 Å². The van der Waals surface area contributed by atoms with Crippen LogP contribution in [0.15, 0.2) is 71.3 Å². The van der Waals surface area contributed by atoms with E-state index in [4.69, 9.17) is 4.42 Å². The standard InChI is InChI=1S/C23H22N2O4/c26-21-7-2-1-5-18(21)15-24(16-20-6-4-14-29-20)23(28)17-9-11-19(12-10-17)25-13-3-8-22(25)27/h1-2,4-7,9-12,14,26H,3,8,13,15-16H2. The van der Waals surface area contributed by atoms with Gasteiger partial charge in [0.2, 0.25) is 5.91 Å². The fourth-order valence-electron chi connectivity index (χ4n) is 3.53. The lowest BCUT2D eigenvalue weighted by Crippen LogP contribution is -2.30. The van der Waals surface area contributed by atoms with Crippen LogP contribution in [0.1, 0.15) is 34.5 Å². The SMILES string of the molecule is O=C(c1ccc(N2CCCC2=O)cc1)N(Cc1ccco1)Cc1ccccc1O. The fourth-order valence-corrected chi connectivity index (χ4v) is 3.53. The van der Waals surface area contributed by atoms with E-state index in [0.29, 0.717) is 29.9 Å². The van der Waals surface area contributed by atoms with Crippen molar-refractivity contribution in [3.63, 3.8) is 0 Å². The lowest BCUT2D eigenvalue weighted by molar-refractivity contribution is -0.117. The van der Waals surface area contributed by atoms with E-state index in [1.807, 2.05) is 24.3 Å². The molecule has 0 unspecified atom stereocenters. The minimum atomic E-state index is -0.177. The molecule has 4 rings (SSSR count). The summed E-state index contributed by atoms with van der Waals surface area (Å²) in [6, 6.07) is 17.7. The number of amides is 2. The largest absolute Gasteiger partial charge is 0.508 e. The van der Waals surface area contributed by atoms with Crippen LogP contribution in [-0.4, -0.2) is 28.4 Å². The molecule has 0 radical (unpaired) electrons. The van der Waals surface area contributed by atoms with Gasteiger partial charge < -0.3 is 19.3 Å². The Morgan fingerprint density at radius 3 is 2.48 bits per heavy atom. The van der Waals surface area contributed by atoms with Crippen molar-refractivity contribution in [3.05, 3.63) is 83.8 Å². The number of phenols is 1. The summed E-state index contributed by atoms with van der Waals surface area (Å²) in [5, 5.41) is 10.1. The quantitative estimate of drug-likeness (QED) is 0.692. The second-order valence-electron chi connectivity index (χ2n) is 7.07. The van der Waals surface area contributed by atoms with E-state index in [1.165, 1.54) is 0 Å². The number of phenolic OH excluding ortho intramolecular Hbond substituents is 1. The zero-order valence-electron chi connectivity index (χ0n) is 16.0. The molecule has 6 nitrogen and oxygen atoms in total. The third kappa shape index (κ3) is 4.16. The van der Waals surface area contributed by atoms with Crippen molar-refractivity contribution in [1.29, 1.82) is 0 Å². The molecule has 0 bridgehead atoms. The van der Waals surface area contributed by atoms with Gasteiger partial charge in [-0.3, -0.25) is 9.59 Å². The maximum absolute atomic E-state index is 13.2. The van der Waals surface area contributed by atoms with Crippen LogP contribution in [0.5, 0.6) is 5.75 Å². The monoisotopic (exact) mass is 390 g/mol. The summed E-state index contributed by atoms with van der Waals surface area (Å²) >= 11 is 0. The summed E-state index contributed by atoms with van der Waals surface area (Å²) in [6.45, 7) is 1.25.